The Labute approximate surface area is 325 Å². The summed E-state index contributed by atoms with van der Waals surface area (Å²) in [4.78, 5) is 2.41. The Balaban J connectivity index is 1.09. The summed E-state index contributed by atoms with van der Waals surface area (Å²) in [7, 11) is 0. The quantitative estimate of drug-likeness (QED) is 0.160. The highest BCUT2D eigenvalue weighted by atomic mass is 16.3. The first-order chi connectivity index (χ1) is 27.8. The Hall–Kier alpha value is -7.42. The lowest BCUT2D eigenvalue weighted by molar-refractivity contribution is 0.674. The maximum atomic E-state index is 6.89. The van der Waals surface area contributed by atoms with E-state index in [9.17, 15) is 0 Å². The molecule has 11 aromatic rings. The van der Waals surface area contributed by atoms with Crippen molar-refractivity contribution in [2.45, 2.75) is 0 Å². The minimum Gasteiger partial charge on any atom is -0.455 e. The molecule has 0 N–H and O–H groups in total. The van der Waals surface area contributed by atoms with Gasteiger partial charge in [-0.3, -0.25) is 0 Å². The lowest BCUT2D eigenvalue weighted by Gasteiger charge is -2.30. The molecule has 0 spiro atoms. The molecule has 0 bridgehead atoms. The van der Waals surface area contributed by atoms with Gasteiger partial charge in [0, 0.05) is 38.5 Å². The van der Waals surface area contributed by atoms with Crippen LogP contribution in [0.4, 0.5) is 17.1 Å². The monoisotopic (exact) mass is 713 g/mol. The maximum Gasteiger partial charge on any atom is 0.143 e. The lowest BCUT2D eigenvalue weighted by atomic mass is 9.96. The van der Waals surface area contributed by atoms with Gasteiger partial charge in [0.2, 0.25) is 0 Å². The fourth-order valence-electron chi connectivity index (χ4n) is 8.57. The second-order valence-corrected chi connectivity index (χ2v) is 14.5. The fraction of sp³-hybridized carbons (Fsp3) is 0. The molecule has 1 aromatic heterocycles. The van der Waals surface area contributed by atoms with Crippen molar-refractivity contribution in [3.8, 4) is 33.4 Å². The topological polar surface area (TPSA) is 16.4 Å². The highest BCUT2D eigenvalue weighted by Crippen LogP contribution is 2.47. The van der Waals surface area contributed by atoms with E-state index in [-0.39, 0.29) is 0 Å². The second-order valence-electron chi connectivity index (χ2n) is 14.5. The van der Waals surface area contributed by atoms with E-state index in [1.54, 1.807) is 0 Å². The van der Waals surface area contributed by atoms with Crippen LogP contribution in [0, 0.1) is 0 Å². The molecular formula is C54H35NO. The molecule has 0 radical (unpaired) electrons. The van der Waals surface area contributed by atoms with Gasteiger partial charge in [-0.25, -0.2) is 0 Å². The van der Waals surface area contributed by atoms with Gasteiger partial charge in [-0.05, 0) is 80.0 Å². The number of fused-ring (bicyclic) bond motifs is 8. The van der Waals surface area contributed by atoms with E-state index >= 15 is 0 Å². The predicted molar refractivity (Wildman–Crippen MR) is 237 cm³/mol. The van der Waals surface area contributed by atoms with Crippen molar-refractivity contribution in [3.05, 3.63) is 212 Å². The molecule has 2 heteroatoms. The van der Waals surface area contributed by atoms with Crippen LogP contribution in [0.3, 0.4) is 0 Å². The number of para-hydroxylation sites is 3. The van der Waals surface area contributed by atoms with E-state index in [2.05, 4.69) is 217 Å². The molecule has 0 aliphatic heterocycles. The third-order valence-electron chi connectivity index (χ3n) is 11.3. The van der Waals surface area contributed by atoms with E-state index in [0.717, 1.165) is 66.6 Å². The third-order valence-corrected chi connectivity index (χ3v) is 11.3. The van der Waals surface area contributed by atoms with Crippen molar-refractivity contribution in [3.63, 3.8) is 0 Å². The van der Waals surface area contributed by atoms with Crippen LogP contribution in [0.1, 0.15) is 0 Å². The standard InChI is InChI=1S/C54H35NO/c1-2-13-37(14-3-1)45-18-8-10-23-51(45)55(42-31-27-36(28-32-42)40-30-33-44-41(35-40)26-25-38-15-4-6-17-43(38)44)52-24-11-9-20-47(52)48-21-12-22-49-50-34-29-39-16-5-7-19-46(39)53(50)56-54(48)49/h1-35H. The summed E-state index contributed by atoms with van der Waals surface area (Å²) >= 11 is 0. The van der Waals surface area contributed by atoms with Gasteiger partial charge in [-0.15, -0.1) is 0 Å². The zero-order valence-electron chi connectivity index (χ0n) is 30.6. The minimum absolute atomic E-state index is 0.891. The molecule has 10 aromatic carbocycles. The van der Waals surface area contributed by atoms with Crippen LogP contribution < -0.4 is 4.90 Å². The Morgan fingerprint density at radius 1 is 0.286 bits per heavy atom. The number of nitrogens with zero attached hydrogens (tertiary/aromatic N) is 1. The molecule has 0 aliphatic rings. The molecule has 0 aliphatic carbocycles. The van der Waals surface area contributed by atoms with Crippen molar-refractivity contribution < 1.29 is 4.42 Å². The molecule has 262 valence electrons. The molecule has 1 heterocycles. The van der Waals surface area contributed by atoms with Gasteiger partial charge < -0.3 is 9.32 Å². The lowest BCUT2D eigenvalue weighted by Crippen LogP contribution is -2.12. The number of furan rings is 1. The Morgan fingerprint density at radius 2 is 0.821 bits per heavy atom. The zero-order chi connectivity index (χ0) is 37.0. The Morgan fingerprint density at radius 3 is 1.64 bits per heavy atom. The van der Waals surface area contributed by atoms with E-state index in [1.165, 1.54) is 38.1 Å². The molecule has 2 nitrogen and oxygen atoms in total. The SMILES string of the molecule is c1ccc(-c2ccccc2N(c2ccc(-c3ccc4c(ccc5ccccc54)c3)cc2)c2ccccc2-c2cccc3c2oc2c4ccccc4ccc32)cc1. The second kappa shape index (κ2) is 13.2. The molecule has 0 fully saturated rings. The number of hydrogen-bond acceptors (Lipinski definition) is 2. The van der Waals surface area contributed by atoms with Crippen LogP contribution in [0.5, 0.6) is 0 Å². The summed E-state index contributed by atoms with van der Waals surface area (Å²) in [6.07, 6.45) is 0. The number of rotatable bonds is 6. The van der Waals surface area contributed by atoms with Crippen molar-refractivity contribution >= 4 is 71.3 Å². The largest absolute Gasteiger partial charge is 0.455 e. The van der Waals surface area contributed by atoms with Crippen molar-refractivity contribution in [1.82, 2.24) is 0 Å². The number of anilines is 3. The first-order valence-electron chi connectivity index (χ1n) is 19.2. The van der Waals surface area contributed by atoms with Crippen molar-refractivity contribution in [2.24, 2.45) is 0 Å². The number of hydrogen-bond donors (Lipinski definition) is 0. The first-order valence-corrected chi connectivity index (χ1v) is 19.2. The summed E-state index contributed by atoms with van der Waals surface area (Å²) in [6, 6.07) is 76.4. The minimum atomic E-state index is 0.891. The predicted octanol–water partition coefficient (Wildman–Crippen LogP) is 15.5. The summed E-state index contributed by atoms with van der Waals surface area (Å²) in [6.45, 7) is 0. The van der Waals surface area contributed by atoms with Crippen LogP contribution in [0.25, 0.3) is 87.6 Å². The molecule has 0 unspecified atom stereocenters. The Kier molecular flexibility index (Phi) is 7.53. The molecule has 0 atom stereocenters. The summed E-state index contributed by atoms with van der Waals surface area (Å²) in [5.41, 5.74) is 11.9. The third kappa shape index (κ3) is 5.26. The van der Waals surface area contributed by atoms with Gasteiger partial charge in [0.1, 0.15) is 11.2 Å². The first kappa shape index (κ1) is 32.0. The normalized spacial score (nSPS) is 11.6. The smallest absolute Gasteiger partial charge is 0.143 e. The fourth-order valence-corrected chi connectivity index (χ4v) is 8.57. The van der Waals surface area contributed by atoms with Crippen molar-refractivity contribution in [1.29, 1.82) is 0 Å². The highest BCUT2D eigenvalue weighted by Gasteiger charge is 2.23. The number of benzene rings is 10. The van der Waals surface area contributed by atoms with E-state index in [4.69, 9.17) is 4.42 Å². The van der Waals surface area contributed by atoms with Gasteiger partial charge in [-0.2, -0.15) is 0 Å². The van der Waals surface area contributed by atoms with Gasteiger partial charge in [0.15, 0.2) is 0 Å². The van der Waals surface area contributed by atoms with Crippen LogP contribution in [-0.2, 0) is 0 Å². The van der Waals surface area contributed by atoms with Crippen molar-refractivity contribution in [2.75, 3.05) is 4.90 Å². The van der Waals surface area contributed by atoms with Crippen LogP contribution >= 0.6 is 0 Å². The molecule has 56 heavy (non-hydrogen) atoms. The van der Waals surface area contributed by atoms with Gasteiger partial charge in [0.25, 0.3) is 0 Å². The average molecular weight is 714 g/mol. The molecule has 0 saturated carbocycles. The average Bonchev–Trinajstić information content (AvgIpc) is 3.67. The van der Waals surface area contributed by atoms with Crippen LogP contribution in [-0.4, -0.2) is 0 Å². The summed E-state index contributed by atoms with van der Waals surface area (Å²) in [5, 5.41) is 9.60. The highest BCUT2D eigenvalue weighted by molar-refractivity contribution is 6.18. The van der Waals surface area contributed by atoms with Gasteiger partial charge in [0.05, 0.1) is 11.4 Å². The van der Waals surface area contributed by atoms with E-state index in [0.29, 0.717) is 0 Å². The summed E-state index contributed by atoms with van der Waals surface area (Å²) < 4.78 is 6.89. The molecular weight excluding hydrogens is 679 g/mol. The van der Waals surface area contributed by atoms with E-state index in [1.807, 2.05) is 0 Å². The zero-order valence-corrected chi connectivity index (χ0v) is 30.6. The molecule has 0 amide bonds. The summed E-state index contributed by atoms with van der Waals surface area (Å²) in [5.74, 6) is 0. The maximum absolute atomic E-state index is 6.89. The van der Waals surface area contributed by atoms with Gasteiger partial charge >= 0.3 is 0 Å². The molecule has 0 saturated heterocycles. The van der Waals surface area contributed by atoms with Crippen LogP contribution in [0.15, 0.2) is 217 Å². The van der Waals surface area contributed by atoms with E-state index < -0.39 is 0 Å². The van der Waals surface area contributed by atoms with Gasteiger partial charge in [-0.1, -0.05) is 176 Å². The van der Waals surface area contributed by atoms with Crippen LogP contribution in [0.2, 0.25) is 0 Å². The molecule has 11 rings (SSSR count). The Bertz CT molecular complexity index is 3250.